The van der Waals surface area contributed by atoms with Crippen molar-refractivity contribution in [3.63, 3.8) is 0 Å². The quantitative estimate of drug-likeness (QED) is 0.847. The van der Waals surface area contributed by atoms with Crippen molar-refractivity contribution in [3.8, 4) is 0 Å². The van der Waals surface area contributed by atoms with Crippen molar-refractivity contribution in [2.24, 2.45) is 0 Å². The third-order valence-electron chi connectivity index (χ3n) is 5.22. The number of nitrogens with zero attached hydrogens (tertiary/aromatic N) is 1. The van der Waals surface area contributed by atoms with Crippen molar-refractivity contribution in [1.29, 1.82) is 0 Å². The van der Waals surface area contributed by atoms with Crippen LogP contribution in [0.2, 0.25) is 0 Å². The van der Waals surface area contributed by atoms with Crippen molar-refractivity contribution in [3.05, 3.63) is 71.5 Å². The molecule has 1 N–H and O–H groups in total. The van der Waals surface area contributed by atoms with Crippen LogP contribution in [0.5, 0.6) is 0 Å². The fourth-order valence-corrected chi connectivity index (χ4v) is 3.63. The molecule has 1 atom stereocenters. The minimum Gasteiger partial charge on any atom is -0.342 e. The van der Waals surface area contributed by atoms with Crippen LogP contribution in [0.15, 0.2) is 54.6 Å². The Morgan fingerprint density at radius 2 is 1.77 bits per heavy atom. The van der Waals surface area contributed by atoms with Gasteiger partial charge in [-0.2, -0.15) is 0 Å². The van der Waals surface area contributed by atoms with Crippen LogP contribution in [-0.4, -0.2) is 29.9 Å². The van der Waals surface area contributed by atoms with E-state index < -0.39 is 0 Å². The molecule has 2 aromatic carbocycles. The van der Waals surface area contributed by atoms with E-state index in [1.54, 1.807) is 0 Å². The van der Waals surface area contributed by atoms with E-state index in [9.17, 15) is 9.18 Å². The lowest BCUT2D eigenvalue weighted by Crippen LogP contribution is -2.46. The van der Waals surface area contributed by atoms with Crippen LogP contribution in [0, 0.1) is 5.82 Å². The molecule has 1 aliphatic heterocycles. The topological polar surface area (TPSA) is 32.3 Å². The van der Waals surface area contributed by atoms with Crippen LogP contribution in [0.4, 0.5) is 4.39 Å². The summed E-state index contributed by atoms with van der Waals surface area (Å²) >= 11 is 0. The molecule has 0 radical (unpaired) electrons. The van der Waals surface area contributed by atoms with Gasteiger partial charge in [0.1, 0.15) is 5.82 Å². The van der Waals surface area contributed by atoms with Gasteiger partial charge in [-0.15, -0.1) is 0 Å². The van der Waals surface area contributed by atoms with Gasteiger partial charge in [0.05, 0.1) is 5.92 Å². The smallest absolute Gasteiger partial charge is 0.230 e. The van der Waals surface area contributed by atoms with E-state index in [1.807, 2.05) is 47.4 Å². The molecule has 1 saturated heterocycles. The first kappa shape index (κ1) is 18.6. The molecular weight excluding hydrogens is 327 g/mol. The molecule has 1 aliphatic rings. The summed E-state index contributed by atoms with van der Waals surface area (Å²) < 4.78 is 13.0. The monoisotopic (exact) mass is 354 g/mol. The Bertz CT molecular complexity index is 694. The molecule has 0 saturated carbocycles. The summed E-state index contributed by atoms with van der Waals surface area (Å²) in [6.45, 7) is 4.40. The lowest BCUT2D eigenvalue weighted by molar-refractivity contribution is -0.134. The number of benzene rings is 2. The summed E-state index contributed by atoms with van der Waals surface area (Å²) in [4.78, 5) is 14.9. The van der Waals surface area contributed by atoms with Crippen molar-refractivity contribution >= 4 is 5.91 Å². The Kier molecular flexibility index (Phi) is 6.40. The maximum Gasteiger partial charge on any atom is 0.230 e. The Morgan fingerprint density at radius 3 is 2.38 bits per heavy atom. The zero-order valence-corrected chi connectivity index (χ0v) is 15.3. The zero-order valence-electron chi connectivity index (χ0n) is 15.3. The third kappa shape index (κ3) is 4.70. The fraction of sp³-hybridized carbons (Fsp3) is 0.409. The maximum absolute atomic E-state index is 13.0. The van der Waals surface area contributed by atoms with Gasteiger partial charge in [-0.1, -0.05) is 49.4 Å². The SMILES string of the molecule is CCC(C(=O)N1CCC(NCc2ccc(F)cc2)CC1)c1ccccc1. The highest BCUT2D eigenvalue weighted by molar-refractivity contribution is 5.83. The highest BCUT2D eigenvalue weighted by atomic mass is 19.1. The minimum absolute atomic E-state index is 0.0417. The molecule has 4 heteroatoms. The van der Waals surface area contributed by atoms with Crippen LogP contribution >= 0.6 is 0 Å². The number of carbonyl (C=O) groups excluding carboxylic acids is 1. The summed E-state index contributed by atoms with van der Waals surface area (Å²) in [5.74, 6) is 0.0000685. The van der Waals surface area contributed by atoms with Crippen molar-refractivity contribution in [2.45, 2.75) is 44.7 Å². The molecule has 0 aliphatic carbocycles. The van der Waals surface area contributed by atoms with Gasteiger partial charge < -0.3 is 10.2 Å². The molecule has 0 bridgehead atoms. The standard InChI is InChI=1S/C22H27FN2O/c1-2-21(18-6-4-3-5-7-18)22(26)25-14-12-20(13-15-25)24-16-17-8-10-19(23)11-9-17/h3-11,20-21,24H,2,12-16H2,1H3. The second kappa shape index (κ2) is 8.95. The number of piperidine rings is 1. The van der Waals surface area contributed by atoms with Gasteiger partial charge in [0, 0.05) is 25.7 Å². The summed E-state index contributed by atoms with van der Waals surface area (Å²) in [6.07, 6.45) is 2.74. The molecule has 138 valence electrons. The van der Waals surface area contributed by atoms with E-state index in [0.717, 1.165) is 50.0 Å². The van der Waals surface area contributed by atoms with E-state index in [1.165, 1.54) is 12.1 Å². The first-order valence-electron chi connectivity index (χ1n) is 9.49. The van der Waals surface area contributed by atoms with Crippen LogP contribution in [0.1, 0.15) is 43.2 Å². The van der Waals surface area contributed by atoms with E-state index in [4.69, 9.17) is 0 Å². The van der Waals surface area contributed by atoms with Crippen molar-refractivity contribution < 1.29 is 9.18 Å². The molecule has 1 heterocycles. The summed E-state index contributed by atoms with van der Waals surface area (Å²) in [6, 6.07) is 17.1. The van der Waals surface area contributed by atoms with E-state index in [0.29, 0.717) is 6.04 Å². The Hall–Kier alpha value is -2.20. The number of likely N-dealkylation sites (tertiary alicyclic amines) is 1. The second-order valence-corrected chi connectivity index (χ2v) is 6.98. The first-order chi connectivity index (χ1) is 12.7. The van der Waals surface area contributed by atoms with Gasteiger partial charge >= 0.3 is 0 Å². The van der Waals surface area contributed by atoms with Gasteiger partial charge in [0.25, 0.3) is 0 Å². The van der Waals surface area contributed by atoms with Crippen LogP contribution in [0.25, 0.3) is 0 Å². The average Bonchev–Trinajstić information content (AvgIpc) is 2.69. The van der Waals surface area contributed by atoms with E-state index in [2.05, 4.69) is 12.2 Å². The summed E-state index contributed by atoms with van der Waals surface area (Å²) in [7, 11) is 0. The average molecular weight is 354 g/mol. The molecular formula is C22H27FN2O. The zero-order chi connectivity index (χ0) is 18.4. The number of rotatable bonds is 6. The molecule has 3 rings (SSSR count). The molecule has 0 aromatic heterocycles. The second-order valence-electron chi connectivity index (χ2n) is 6.98. The van der Waals surface area contributed by atoms with Crippen LogP contribution < -0.4 is 5.32 Å². The number of hydrogen-bond acceptors (Lipinski definition) is 2. The maximum atomic E-state index is 13.0. The number of amides is 1. The van der Waals surface area contributed by atoms with E-state index in [-0.39, 0.29) is 17.6 Å². The molecule has 2 aromatic rings. The lowest BCUT2D eigenvalue weighted by atomic mass is 9.93. The number of carbonyl (C=O) groups is 1. The molecule has 1 unspecified atom stereocenters. The minimum atomic E-state index is -0.204. The van der Waals surface area contributed by atoms with Gasteiger partial charge in [-0.05, 0) is 42.5 Å². The van der Waals surface area contributed by atoms with Gasteiger partial charge in [0.15, 0.2) is 0 Å². The third-order valence-corrected chi connectivity index (χ3v) is 5.22. The Morgan fingerprint density at radius 1 is 1.12 bits per heavy atom. The highest BCUT2D eigenvalue weighted by Crippen LogP contribution is 2.24. The summed E-state index contributed by atoms with van der Waals surface area (Å²) in [5.41, 5.74) is 2.19. The highest BCUT2D eigenvalue weighted by Gasteiger charge is 2.28. The first-order valence-corrected chi connectivity index (χ1v) is 9.49. The number of halogens is 1. The number of hydrogen-bond donors (Lipinski definition) is 1. The predicted molar refractivity (Wildman–Crippen MR) is 102 cm³/mol. The molecule has 26 heavy (non-hydrogen) atoms. The van der Waals surface area contributed by atoms with E-state index >= 15 is 0 Å². The molecule has 1 fully saturated rings. The number of nitrogens with one attached hydrogen (secondary N) is 1. The van der Waals surface area contributed by atoms with Gasteiger partial charge in [0.2, 0.25) is 5.91 Å². The molecule has 3 nitrogen and oxygen atoms in total. The van der Waals surface area contributed by atoms with Gasteiger partial charge in [-0.25, -0.2) is 4.39 Å². The Labute approximate surface area is 155 Å². The molecule has 1 amide bonds. The molecule has 0 spiro atoms. The lowest BCUT2D eigenvalue weighted by Gasteiger charge is -2.34. The normalized spacial score (nSPS) is 16.5. The van der Waals surface area contributed by atoms with Crippen LogP contribution in [0.3, 0.4) is 0 Å². The van der Waals surface area contributed by atoms with Crippen molar-refractivity contribution in [1.82, 2.24) is 10.2 Å². The van der Waals surface area contributed by atoms with Crippen molar-refractivity contribution in [2.75, 3.05) is 13.1 Å². The predicted octanol–water partition coefficient (Wildman–Crippen LogP) is 4.10. The van der Waals surface area contributed by atoms with Gasteiger partial charge in [-0.3, -0.25) is 4.79 Å². The van der Waals surface area contributed by atoms with Crippen LogP contribution in [-0.2, 0) is 11.3 Å². The Balaban J connectivity index is 1.49. The largest absolute Gasteiger partial charge is 0.342 e. The fourth-order valence-electron chi connectivity index (χ4n) is 3.63. The summed E-state index contributed by atoms with van der Waals surface area (Å²) in [5, 5.41) is 3.53.